The molecule has 1 aromatic carbocycles. The standard InChI is InChI=1S/C19H19F2N3O/c20-15-3-4-18(21)16(8-15)17-9-22-23-19(17)14-2-1-6-24(11-14)10-13-5-7-25-12-13/h3-5,7-9,12,14H,1-2,6,10-11H2,(H,22,23). The third-order valence-corrected chi connectivity index (χ3v) is 4.79. The summed E-state index contributed by atoms with van der Waals surface area (Å²) in [7, 11) is 0. The van der Waals surface area contributed by atoms with Gasteiger partial charge in [-0.2, -0.15) is 5.10 Å². The van der Waals surface area contributed by atoms with Crippen LogP contribution in [0.2, 0.25) is 0 Å². The zero-order chi connectivity index (χ0) is 17.2. The summed E-state index contributed by atoms with van der Waals surface area (Å²) < 4.78 is 32.9. The van der Waals surface area contributed by atoms with Crippen molar-refractivity contribution in [3.05, 3.63) is 65.9 Å². The molecule has 0 amide bonds. The third kappa shape index (κ3) is 3.35. The summed E-state index contributed by atoms with van der Waals surface area (Å²) in [6.45, 7) is 2.68. The second-order valence-electron chi connectivity index (χ2n) is 6.53. The molecule has 2 aromatic heterocycles. The molecular weight excluding hydrogens is 324 g/mol. The lowest BCUT2D eigenvalue weighted by Crippen LogP contribution is -2.34. The van der Waals surface area contributed by atoms with Crippen molar-refractivity contribution in [2.75, 3.05) is 13.1 Å². The van der Waals surface area contributed by atoms with Gasteiger partial charge in [0.2, 0.25) is 0 Å². The van der Waals surface area contributed by atoms with E-state index >= 15 is 0 Å². The maximum atomic E-state index is 14.2. The number of halogens is 2. The molecule has 0 aliphatic carbocycles. The molecule has 1 unspecified atom stereocenters. The molecule has 1 saturated heterocycles. The minimum Gasteiger partial charge on any atom is -0.472 e. The number of aromatic amines is 1. The van der Waals surface area contributed by atoms with E-state index in [0.717, 1.165) is 55.9 Å². The Bertz CT molecular complexity index is 844. The van der Waals surface area contributed by atoms with E-state index in [2.05, 4.69) is 15.1 Å². The van der Waals surface area contributed by atoms with E-state index < -0.39 is 11.6 Å². The second-order valence-corrected chi connectivity index (χ2v) is 6.53. The quantitative estimate of drug-likeness (QED) is 0.767. The van der Waals surface area contributed by atoms with Crippen molar-refractivity contribution < 1.29 is 13.2 Å². The Balaban J connectivity index is 1.58. The summed E-state index contributed by atoms with van der Waals surface area (Å²) in [5, 5.41) is 7.11. The highest BCUT2D eigenvalue weighted by molar-refractivity contribution is 5.66. The summed E-state index contributed by atoms with van der Waals surface area (Å²) in [4.78, 5) is 2.35. The SMILES string of the molecule is Fc1ccc(F)c(-c2cn[nH]c2C2CCCN(Cc3ccoc3)C2)c1. The number of H-pyrrole nitrogens is 1. The Morgan fingerprint density at radius 2 is 2.16 bits per heavy atom. The van der Waals surface area contributed by atoms with Gasteiger partial charge < -0.3 is 4.42 Å². The van der Waals surface area contributed by atoms with Crippen LogP contribution in [0.25, 0.3) is 11.1 Å². The first-order chi connectivity index (χ1) is 12.2. The van der Waals surface area contributed by atoms with E-state index in [0.29, 0.717) is 5.56 Å². The van der Waals surface area contributed by atoms with Gasteiger partial charge in [0.25, 0.3) is 0 Å². The lowest BCUT2D eigenvalue weighted by molar-refractivity contribution is 0.198. The van der Waals surface area contributed by atoms with E-state index in [-0.39, 0.29) is 11.5 Å². The molecule has 1 atom stereocenters. The predicted molar refractivity (Wildman–Crippen MR) is 89.9 cm³/mol. The summed E-state index contributed by atoms with van der Waals surface area (Å²) in [6, 6.07) is 5.49. The highest BCUT2D eigenvalue weighted by Gasteiger charge is 2.26. The molecule has 0 bridgehead atoms. The van der Waals surface area contributed by atoms with Crippen LogP contribution in [0.3, 0.4) is 0 Å². The van der Waals surface area contributed by atoms with Crippen LogP contribution in [0.1, 0.15) is 30.0 Å². The smallest absolute Gasteiger partial charge is 0.131 e. The highest BCUT2D eigenvalue weighted by atomic mass is 19.1. The molecule has 4 nitrogen and oxygen atoms in total. The molecular formula is C19H19F2N3O. The normalized spacial score (nSPS) is 18.6. The van der Waals surface area contributed by atoms with Gasteiger partial charge in [-0.3, -0.25) is 10.00 Å². The Morgan fingerprint density at radius 3 is 3.00 bits per heavy atom. The van der Waals surface area contributed by atoms with Gasteiger partial charge in [0, 0.05) is 41.4 Å². The number of rotatable bonds is 4. The molecule has 0 saturated carbocycles. The van der Waals surface area contributed by atoms with Crippen LogP contribution in [0.5, 0.6) is 0 Å². The minimum absolute atomic E-state index is 0.209. The van der Waals surface area contributed by atoms with Gasteiger partial charge in [-0.15, -0.1) is 0 Å². The van der Waals surface area contributed by atoms with Crippen LogP contribution in [0.4, 0.5) is 8.78 Å². The van der Waals surface area contributed by atoms with Gasteiger partial charge in [0.05, 0.1) is 18.7 Å². The summed E-state index contributed by atoms with van der Waals surface area (Å²) >= 11 is 0. The molecule has 25 heavy (non-hydrogen) atoms. The predicted octanol–water partition coefficient (Wildman–Crippen LogP) is 4.33. The number of nitrogens with zero attached hydrogens (tertiary/aromatic N) is 2. The average molecular weight is 343 g/mol. The van der Waals surface area contributed by atoms with Crippen LogP contribution in [-0.4, -0.2) is 28.2 Å². The summed E-state index contributed by atoms with van der Waals surface area (Å²) in [5.74, 6) is -0.676. The first-order valence-corrected chi connectivity index (χ1v) is 8.43. The van der Waals surface area contributed by atoms with Crippen molar-refractivity contribution in [2.24, 2.45) is 0 Å². The number of aromatic nitrogens is 2. The van der Waals surface area contributed by atoms with Crippen molar-refractivity contribution in [2.45, 2.75) is 25.3 Å². The fourth-order valence-corrected chi connectivity index (χ4v) is 3.60. The van der Waals surface area contributed by atoms with E-state index in [4.69, 9.17) is 4.42 Å². The van der Waals surface area contributed by atoms with Gasteiger partial charge in [-0.25, -0.2) is 8.78 Å². The van der Waals surface area contributed by atoms with Crippen molar-refractivity contribution >= 4 is 0 Å². The Kier molecular flexibility index (Phi) is 4.36. The maximum Gasteiger partial charge on any atom is 0.131 e. The number of piperidine rings is 1. The van der Waals surface area contributed by atoms with Gasteiger partial charge >= 0.3 is 0 Å². The molecule has 130 valence electrons. The van der Waals surface area contributed by atoms with Crippen LogP contribution < -0.4 is 0 Å². The Labute approximate surface area is 144 Å². The van der Waals surface area contributed by atoms with Gasteiger partial charge in [0.15, 0.2) is 0 Å². The largest absolute Gasteiger partial charge is 0.472 e. The van der Waals surface area contributed by atoms with Crippen LogP contribution in [-0.2, 0) is 6.54 Å². The molecule has 1 aliphatic heterocycles. The lowest BCUT2D eigenvalue weighted by Gasteiger charge is -2.32. The molecule has 1 N–H and O–H groups in total. The van der Waals surface area contributed by atoms with Crippen molar-refractivity contribution in [3.63, 3.8) is 0 Å². The fraction of sp³-hybridized carbons (Fsp3) is 0.316. The van der Waals surface area contributed by atoms with E-state index in [1.54, 1.807) is 18.7 Å². The number of nitrogens with one attached hydrogen (secondary N) is 1. The molecule has 4 rings (SSSR count). The van der Waals surface area contributed by atoms with E-state index in [9.17, 15) is 8.78 Å². The second kappa shape index (κ2) is 6.80. The third-order valence-electron chi connectivity index (χ3n) is 4.79. The average Bonchev–Trinajstić information content (AvgIpc) is 3.29. The van der Waals surface area contributed by atoms with Gasteiger partial charge in [0.1, 0.15) is 11.6 Å². The minimum atomic E-state index is -0.450. The molecule has 6 heteroatoms. The molecule has 0 radical (unpaired) electrons. The van der Waals surface area contributed by atoms with Crippen LogP contribution >= 0.6 is 0 Å². The van der Waals surface area contributed by atoms with Crippen molar-refractivity contribution in [1.29, 1.82) is 0 Å². The van der Waals surface area contributed by atoms with Crippen molar-refractivity contribution in [1.82, 2.24) is 15.1 Å². The monoisotopic (exact) mass is 343 g/mol. The number of furan rings is 1. The first-order valence-electron chi connectivity index (χ1n) is 8.43. The topological polar surface area (TPSA) is 45.1 Å². The number of hydrogen-bond acceptors (Lipinski definition) is 3. The van der Waals surface area contributed by atoms with Gasteiger partial charge in [-0.1, -0.05) is 0 Å². The number of hydrogen-bond donors (Lipinski definition) is 1. The number of benzene rings is 1. The summed E-state index contributed by atoms with van der Waals surface area (Å²) in [5.41, 5.74) is 2.92. The highest BCUT2D eigenvalue weighted by Crippen LogP contribution is 2.34. The molecule has 3 aromatic rings. The van der Waals surface area contributed by atoms with E-state index in [1.807, 2.05) is 6.07 Å². The Morgan fingerprint density at radius 1 is 1.24 bits per heavy atom. The van der Waals surface area contributed by atoms with Crippen molar-refractivity contribution in [3.8, 4) is 11.1 Å². The lowest BCUT2D eigenvalue weighted by atomic mass is 9.90. The summed E-state index contributed by atoms with van der Waals surface area (Å²) in [6.07, 6.45) is 7.06. The van der Waals surface area contributed by atoms with Crippen LogP contribution in [0, 0.1) is 11.6 Å². The number of likely N-dealkylation sites (tertiary alicyclic amines) is 1. The zero-order valence-electron chi connectivity index (χ0n) is 13.7. The Hall–Kier alpha value is -2.47. The zero-order valence-corrected chi connectivity index (χ0v) is 13.7. The fourth-order valence-electron chi connectivity index (χ4n) is 3.60. The van der Waals surface area contributed by atoms with Crippen LogP contribution in [0.15, 0.2) is 47.4 Å². The first kappa shape index (κ1) is 16.0. The van der Waals surface area contributed by atoms with E-state index in [1.165, 1.54) is 6.07 Å². The maximum absolute atomic E-state index is 14.2. The molecule has 1 fully saturated rings. The molecule has 3 heterocycles. The molecule has 0 spiro atoms. The van der Waals surface area contributed by atoms with Gasteiger partial charge in [-0.05, 0) is 43.7 Å². The molecule has 1 aliphatic rings.